The van der Waals surface area contributed by atoms with Gasteiger partial charge in [0.1, 0.15) is 16.4 Å². The molecule has 1 saturated carbocycles. The van der Waals surface area contributed by atoms with E-state index in [1.807, 2.05) is 62.1 Å². The number of carboxylic acid groups (broad SMARTS) is 1. The average Bonchev–Trinajstić information content (AvgIpc) is 3.38. The highest BCUT2D eigenvalue weighted by atomic mass is 35.5. The van der Waals surface area contributed by atoms with Crippen LogP contribution >= 0.6 is 22.9 Å². The highest BCUT2D eigenvalue weighted by Crippen LogP contribution is 2.40. The van der Waals surface area contributed by atoms with Crippen LogP contribution in [0.4, 0.5) is 9.18 Å². The normalized spacial score (nSPS) is 16.5. The van der Waals surface area contributed by atoms with Crippen molar-refractivity contribution < 1.29 is 23.8 Å². The smallest absolute Gasteiger partial charge is 0.407 e. The predicted molar refractivity (Wildman–Crippen MR) is 180 cm³/mol. The van der Waals surface area contributed by atoms with Crippen molar-refractivity contribution in [2.75, 3.05) is 13.7 Å². The van der Waals surface area contributed by atoms with Crippen LogP contribution in [0.1, 0.15) is 67.3 Å². The Labute approximate surface area is 277 Å². The predicted octanol–water partition coefficient (Wildman–Crippen LogP) is 9.22. The van der Waals surface area contributed by atoms with Crippen molar-refractivity contribution in [1.82, 2.24) is 9.80 Å². The van der Waals surface area contributed by atoms with E-state index in [9.17, 15) is 24.3 Å². The molecule has 0 saturated heterocycles. The quantitative estimate of drug-likeness (QED) is 0.203. The first-order valence-corrected chi connectivity index (χ1v) is 16.5. The van der Waals surface area contributed by atoms with Crippen molar-refractivity contribution >= 4 is 45.0 Å². The lowest BCUT2D eigenvalue weighted by Gasteiger charge is -2.40. The maximum Gasteiger partial charge on any atom is 0.407 e. The Kier molecular flexibility index (Phi) is 9.90. The van der Waals surface area contributed by atoms with Crippen molar-refractivity contribution in [3.05, 3.63) is 87.5 Å². The van der Waals surface area contributed by atoms with Gasteiger partial charge in [-0.25, -0.2) is 9.18 Å². The summed E-state index contributed by atoms with van der Waals surface area (Å²) in [6, 6.07) is 19.8. The number of nitrogens with zero attached hydrogens (tertiary/aromatic N) is 3. The second-order valence-corrected chi connectivity index (χ2v) is 14.2. The van der Waals surface area contributed by atoms with Crippen LogP contribution in [0, 0.1) is 23.1 Å². The fraction of sp³-hybridized carbons (Fsp3) is 0.361. The summed E-state index contributed by atoms with van der Waals surface area (Å²) in [7, 11) is 1.58. The van der Waals surface area contributed by atoms with Crippen molar-refractivity contribution in [2.24, 2.45) is 5.92 Å². The number of ether oxygens (including phenoxy) is 1. The van der Waals surface area contributed by atoms with E-state index in [1.165, 1.54) is 22.3 Å². The van der Waals surface area contributed by atoms with Crippen LogP contribution in [0.25, 0.3) is 21.2 Å². The zero-order valence-corrected chi connectivity index (χ0v) is 27.9. The van der Waals surface area contributed by atoms with Crippen LogP contribution in [0.5, 0.6) is 5.75 Å². The Morgan fingerprint density at radius 1 is 1.07 bits per heavy atom. The van der Waals surface area contributed by atoms with E-state index in [-0.39, 0.29) is 39.7 Å². The number of thiophene rings is 1. The highest BCUT2D eigenvalue weighted by Gasteiger charge is 2.35. The number of nitriles is 1. The van der Waals surface area contributed by atoms with Crippen LogP contribution < -0.4 is 4.74 Å². The molecule has 1 aliphatic carbocycles. The van der Waals surface area contributed by atoms with Crippen LogP contribution in [-0.4, -0.2) is 52.1 Å². The third-order valence-corrected chi connectivity index (χ3v) is 10.4. The molecule has 1 aliphatic rings. The molecule has 5 rings (SSSR count). The third kappa shape index (κ3) is 6.98. The minimum Gasteiger partial charge on any atom is -0.496 e. The Morgan fingerprint density at radius 2 is 1.76 bits per heavy atom. The standard InChI is InChI=1S/C36H37ClFN3O4S/c1-36(2,3)41(35(43)44)20-22-11-14-27(15-12-22)40(34(42)33-32(37)31-28(38)9-6-10-30(31)46-33)21-26-18-25(13-16-29(26)45-4)24-8-5-7-23(17-24)19-39/h5-10,13,16-18,22,27H,11-12,14-15,20-21H2,1-4H3,(H,43,44). The molecule has 4 aromatic rings. The fourth-order valence-electron chi connectivity index (χ4n) is 6.28. The summed E-state index contributed by atoms with van der Waals surface area (Å²) in [5.74, 6) is 0.0220. The van der Waals surface area contributed by atoms with Crippen molar-refractivity contribution in [3.8, 4) is 22.9 Å². The summed E-state index contributed by atoms with van der Waals surface area (Å²) in [6.45, 7) is 6.33. The number of benzene rings is 3. The van der Waals surface area contributed by atoms with Gasteiger partial charge in [-0.15, -0.1) is 11.3 Å². The average molecular weight is 662 g/mol. The molecule has 10 heteroatoms. The molecule has 240 valence electrons. The van der Waals surface area contributed by atoms with Gasteiger partial charge in [0.2, 0.25) is 0 Å². The molecule has 3 aromatic carbocycles. The monoisotopic (exact) mass is 661 g/mol. The Balaban J connectivity index is 1.49. The van der Waals surface area contributed by atoms with Crippen molar-refractivity contribution in [2.45, 2.75) is 64.6 Å². The minimum absolute atomic E-state index is 0.109. The number of rotatable bonds is 8. The first-order valence-electron chi connectivity index (χ1n) is 15.3. The number of carbonyl (C=O) groups is 2. The van der Waals surface area contributed by atoms with Crippen molar-refractivity contribution in [3.63, 3.8) is 0 Å². The van der Waals surface area contributed by atoms with Gasteiger partial charge in [0.05, 0.1) is 23.8 Å². The van der Waals surface area contributed by atoms with Gasteiger partial charge in [-0.2, -0.15) is 5.26 Å². The van der Waals surface area contributed by atoms with E-state index in [0.717, 1.165) is 29.5 Å². The van der Waals surface area contributed by atoms with E-state index in [4.69, 9.17) is 16.3 Å². The molecule has 0 radical (unpaired) electrons. The molecule has 0 unspecified atom stereocenters. The SMILES string of the molecule is COc1ccc(-c2cccc(C#N)c2)cc1CN(C(=O)c1sc2cccc(F)c2c1Cl)C1CCC(CN(C(=O)O)C(C)(C)C)CC1. The largest absolute Gasteiger partial charge is 0.496 e. The molecule has 2 amide bonds. The number of hydrogen-bond acceptors (Lipinski definition) is 5. The Bertz CT molecular complexity index is 1800. The molecular weight excluding hydrogens is 625 g/mol. The molecule has 7 nitrogen and oxygen atoms in total. The van der Waals surface area contributed by atoms with Gasteiger partial charge in [-0.3, -0.25) is 4.79 Å². The zero-order chi connectivity index (χ0) is 33.2. The molecule has 1 N–H and O–H groups in total. The third-order valence-electron chi connectivity index (χ3n) is 8.75. The summed E-state index contributed by atoms with van der Waals surface area (Å²) in [4.78, 5) is 30.0. The van der Waals surface area contributed by atoms with E-state index >= 15 is 0 Å². The van der Waals surface area contributed by atoms with Gasteiger partial charge in [0.15, 0.2) is 0 Å². The summed E-state index contributed by atoms with van der Waals surface area (Å²) in [5, 5.41) is 19.6. The first-order chi connectivity index (χ1) is 21.9. The maximum atomic E-state index is 14.8. The summed E-state index contributed by atoms with van der Waals surface area (Å²) in [5.41, 5.74) is 2.55. The molecule has 1 aromatic heterocycles. The number of carbonyl (C=O) groups excluding carboxylic acids is 1. The van der Waals surface area contributed by atoms with Gasteiger partial charge in [0.25, 0.3) is 5.91 Å². The summed E-state index contributed by atoms with van der Waals surface area (Å²) in [6.07, 6.45) is 1.92. The zero-order valence-electron chi connectivity index (χ0n) is 26.3. The molecule has 0 aliphatic heterocycles. The number of hydrogen-bond donors (Lipinski definition) is 1. The summed E-state index contributed by atoms with van der Waals surface area (Å²) < 4.78 is 21.1. The number of amides is 2. The van der Waals surface area contributed by atoms with Crippen LogP contribution in [0.15, 0.2) is 60.7 Å². The van der Waals surface area contributed by atoms with E-state index in [2.05, 4.69) is 6.07 Å². The minimum atomic E-state index is -0.939. The van der Waals surface area contributed by atoms with Gasteiger partial charge < -0.3 is 19.6 Å². The molecule has 0 spiro atoms. The number of methoxy groups -OCH3 is 1. The van der Waals surface area contributed by atoms with Crippen molar-refractivity contribution in [1.29, 1.82) is 5.26 Å². The first kappa shape index (κ1) is 33.2. The lowest BCUT2D eigenvalue weighted by Crippen LogP contribution is -2.48. The van der Waals surface area contributed by atoms with E-state index < -0.39 is 17.4 Å². The molecule has 1 fully saturated rings. The van der Waals surface area contributed by atoms with E-state index in [0.29, 0.717) is 35.4 Å². The molecular formula is C36H37ClFN3O4S. The maximum absolute atomic E-state index is 14.8. The van der Waals surface area contributed by atoms with Gasteiger partial charge in [-0.05, 0) is 99.9 Å². The number of halogens is 2. The van der Waals surface area contributed by atoms with E-state index in [1.54, 1.807) is 25.3 Å². The van der Waals surface area contributed by atoms with Gasteiger partial charge >= 0.3 is 6.09 Å². The Morgan fingerprint density at radius 3 is 2.39 bits per heavy atom. The van der Waals surface area contributed by atoms with Crippen LogP contribution in [-0.2, 0) is 6.54 Å². The molecule has 46 heavy (non-hydrogen) atoms. The topological polar surface area (TPSA) is 93.9 Å². The van der Waals surface area contributed by atoms with Gasteiger partial charge in [-0.1, -0.05) is 35.9 Å². The Hall–Kier alpha value is -4.13. The lowest BCUT2D eigenvalue weighted by molar-refractivity contribution is 0.0535. The van der Waals surface area contributed by atoms with Crippen LogP contribution in [0.3, 0.4) is 0 Å². The second kappa shape index (κ2) is 13.7. The number of fused-ring (bicyclic) bond motifs is 1. The highest BCUT2D eigenvalue weighted by molar-refractivity contribution is 7.21. The van der Waals surface area contributed by atoms with Crippen LogP contribution in [0.2, 0.25) is 5.02 Å². The molecule has 0 atom stereocenters. The molecule has 0 bridgehead atoms. The lowest BCUT2D eigenvalue weighted by atomic mass is 9.84. The fourth-order valence-corrected chi connectivity index (χ4v) is 7.78. The summed E-state index contributed by atoms with van der Waals surface area (Å²) >= 11 is 7.88. The second-order valence-electron chi connectivity index (χ2n) is 12.7. The van der Waals surface area contributed by atoms with Gasteiger partial charge in [0, 0.05) is 40.3 Å². The molecule has 1 heterocycles.